The van der Waals surface area contributed by atoms with Crippen LogP contribution in [-0.4, -0.2) is 27.8 Å². The van der Waals surface area contributed by atoms with Gasteiger partial charge in [0.25, 0.3) is 0 Å². The summed E-state index contributed by atoms with van der Waals surface area (Å²) in [5.41, 5.74) is 0. The summed E-state index contributed by atoms with van der Waals surface area (Å²) in [4.78, 5) is 27.9. The molecule has 0 aliphatic carbocycles. The van der Waals surface area contributed by atoms with E-state index in [0.29, 0.717) is 0 Å². The zero-order chi connectivity index (χ0) is 10.6. The Kier molecular flexibility index (Phi) is 4.56. The van der Waals surface area contributed by atoms with Crippen molar-refractivity contribution >= 4 is 13.7 Å². The van der Waals surface area contributed by atoms with Crippen molar-refractivity contribution in [1.82, 2.24) is 10.4 Å². The second-order valence-electron chi connectivity index (χ2n) is 3.06. The molecule has 0 bridgehead atoms. The summed E-state index contributed by atoms with van der Waals surface area (Å²) in [5, 5.41) is 4.40. The predicted molar refractivity (Wildman–Crippen MR) is 47.9 cm³/mol. The zero-order valence-electron chi connectivity index (χ0n) is 7.81. The third-order valence-corrected chi connectivity index (χ3v) is 1.74. The first-order valence-corrected chi connectivity index (χ1v) is 5.47. The summed E-state index contributed by atoms with van der Waals surface area (Å²) in [6.07, 6.45) is 0. The van der Waals surface area contributed by atoms with Gasteiger partial charge in [0.15, 0.2) is 0 Å². The summed E-state index contributed by atoms with van der Waals surface area (Å²) in [6, 6.07) is -0.537. The molecule has 0 aromatic carbocycles. The normalized spacial score (nSPS) is 14.3. The van der Waals surface area contributed by atoms with Gasteiger partial charge in [0.2, 0.25) is 5.91 Å². The van der Waals surface area contributed by atoms with Crippen LogP contribution < -0.4 is 10.4 Å². The van der Waals surface area contributed by atoms with Crippen LogP contribution in [0.4, 0.5) is 0 Å². The van der Waals surface area contributed by atoms with E-state index in [-0.39, 0.29) is 6.04 Å². The Morgan fingerprint density at radius 3 is 2.08 bits per heavy atom. The monoisotopic (exact) mass is 210 g/mol. The molecule has 4 N–H and O–H groups in total. The SMILES string of the molecule is CC(C)NC(C)C(=O)NP(=O)(O)O. The average molecular weight is 210 g/mol. The van der Waals surface area contributed by atoms with Crippen molar-refractivity contribution in [3.8, 4) is 0 Å². The molecule has 0 heterocycles. The number of rotatable bonds is 4. The van der Waals surface area contributed by atoms with Crippen molar-refractivity contribution in [1.29, 1.82) is 0 Å². The lowest BCUT2D eigenvalue weighted by Gasteiger charge is -2.16. The third kappa shape index (κ3) is 6.72. The van der Waals surface area contributed by atoms with Gasteiger partial charge in [-0.15, -0.1) is 0 Å². The molecule has 0 aliphatic heterocycles. The zero-order valence-corrected chi connectivity index (χ0v) is 8.71. The molecule has 13 heavy (non-hydrogen) atoms. The molecular weight excluding hydrogens is 195 g/mol. The maximum absolute atomic E-state index is 11.0. The van der Waals surface area contributed by atoms with Crippen LogP contribution >= 0.6 is 7.75 Å². The van der Waals surface area contributed by atoms with Crippen LogP contribution in [0.25, 0.3) is 0 Å². The fourth-order valence-electron chi connectivity index (χ4n) is 0.816. The topological polar surface area (TPSA) is 98.7 Å². The van der Waals surface area contributed by atoms with Gasteiger partial charge in [0.05, 0.1) is 6.04 Å². The Hall–Kier alpha value is -0.420. The van der Waals surface area contributed by atoms with Gasteiger partial charge in [-0.25, -0.2) is 4.57 Å². The smallest absolute Gasteiger partial charge is 0.308 e. The van der Waals surface area contributed by atoms with Crippen LogP contribution in [0.15, 0.2) is 0 Å². The van der Waals surface area contributed by atoms with Crippen molar-refractivity contribution in [2.24, 2.45) is 0 Å². The van der Waals surface area contributed by atoms with Gasteiger partial charge in [-0.05, 0) is 6.92 Å². The number of amides is 1. The van der Waals surface area contributed by atoms with Gasteiger partial charge >= 0.3 is 7.75 Å². The lowest BCUT2D eigenvalue weighted by atomic mass is 10.3. The summed E-state index contributed by atoms with van der Waals surface area (Å²) in [5.74, 6) is -0.706. The van der Waals surface area contributed by atoms with Crippen molar-refractivity contribution in [3.63, 3.8) is 0 Å². The quantitative estimate of drug-likeness (QED) is 0.472. The minimum absolute atomic E-state index is 0.0810. The van der Waals surface area contributed by atoms with E-state index in [2.05, 4.69) is 5.32 Å². The molecule has 0 radical (unpaired) electrons. The molecule has 0 saturated heterocycles. The molecule has 1 atom stereocenters. The fraction of sp³-hybridized carbons (Fsp3) is 0.833. The average Bonchev–Trinajstić information content (AvgIpc) is 1.81. The minimum atomic E-state index is -4.46. The van der Waals surface area contributed by atoms with Crippen molar-refractivity contribution in [2.45, 2.75) is 32.9 Å². The predicted octanol–water partition coefficient (Wildman–Crippen LogP) is -0.418. The molecule has 0 aromatic heterocycles. The van der Waals surface area contributed by atoms with E-state index in [9.17, 15) is 9.36 Å². The molecule has 1 amide bonds. The van der Waals surface area contributed by atoms with Crippen LogP contribution in [0.2, 0.25) is 0 Å². The summed E-state index contributed by atoms with van der Waals surface area (Å²) in [7, 11) is -4.46. The first-order chi connectivity index (χ1) is 5.72. The highest BCUT2D eigenvalue weighted by molar-refractivity contribution is 7.50. The highest BCUT2D eigenvalue weighted by atomic mass is 31.2. The molecule has 0 rings (SSSR count). The molecule has 7 heteroatoms. The molecule has 0 saturated carbocycles. The van der Waals surface area contributed by atoms with Crippen molar-refractivity contribution < 1.29 is 19.1 Å². The molecule has 6 nitrogen and oxygen atoms in total. The highest BCUT2D eigenvalue weighted by Crippen LogP contribution is 2.27. The number of hydrogen-bond donors (Lipinski definition) is 4. The van der Waals surface area contributed by atoms with Crippen LogP contribution in [0.5, 0.6) is 0 Å². The Morgan fingerprint density at radius 1 is 1.31 bits per heavy atom. The standard InChI is InChI=1S/C6H15N2O4P/c1-4(2)7-5(3)6(9)8-13(10,11)12/h4-5,7H,1-3H3,(H3,8,9,10,11,12). The van der Waals surface area contributed by atoms with E-state index in [1.54, 1.807) is 5.09 Å². The van der Waals surface area contributed by atoms with Crippen LogP contribution in [0, 0.1) is 0 Å². The first-order valence-electron chi connectivity index (χ1n) is 3.86. The molecule has 1 unspecified atom stereocenters. The maximum atomic E-state index is 11.0. The molecule has 0 aromatic rings. The molecular formula is C6H15N2O4P. The van der Waals surface area contributed by atoms with Crippen molar-refractivity contribution in [3.05, 3.63) is 0 Å². The fourth-order valence-corrected chi connectivity index (χ4v) is 1.30. The van der Waals surface area contributed by atoms with Crippen LogP contribution in [-0.2, 0) is 9.36 Å². The van der Waals surface area contributed by atoms with Crippen LogP contribution in [0.1, 0.15) is 20.8 Å². The molecule has 0 spiro atoms. The summed E-state index contributed by atoms with van der Waals surface area (Å²) < 4.78 is 10.4. The second-order valence-corrected chi connectivity index (χ2v) is 4.37. The van der Waals surface area contributed by atoms with Gasteiger partial charge in [0.1, 0.15) is 0 Å². The number of carbonyl (C=O) groups excluding carboxylic acids is 1. The molecule has 0 aliphatic rings. The Balaban J connectivity index is 4.05. The van der Waals surface area contributed by atoms with Gasteiger partial charge in [-0.2, -0.15) is 0 Å². The minimum Gasteiger partial charge on any atom is -0.308 e. The van der Waals surface area contributed by atoms with Gasteiger partial charge in [0, 0.05) is 6.04 Å². The largest absolute Gasteiger partial charge is 0.429 e. The Labute approximate surface area is 76.9 Å². The van der Waals surface area contributed by atoms with Gasteiger partial charge in [-0.3, -0.25) is 9.88 Å². The summed E-state index contributed by atoms with van der Waals surface area (Å²) in [6.45, 7) is 5.20. The van der Waals surface area contributed by atoms with Gasteiger partial charge < -0.3 is 15.1 Å². The third-order valence-electron chi connectivity index (χ3n) is 1.23. The molecule has 78 valence electrons. The van der Waals surface area contributed by atoms with E-state index in [1.165, 1.54) is 6.92 Å². The van der Waals surface area contributed by atoms with Crippen molar-refractivity contribution in [2.75, 3.05) is 0 Å². The Morgan fingerprint density at radius 2 is 1.77 bits per heavy atom. The first kappa shape index (κ1) is 12.6. The van der Waals surface area contributed by atoms with Crippen LogP contribution in [0.3, 0.4) is 0 Å². The van der Waals surface area contributed by atoms with E-state index in [0.717, 1.165) is 0 Å². The lowest BCUT2D eigenvalue weighted by molar-refractivity contribution is -0.121. The Bertz CT molecular complexity index is 225. The van der Waals surface area contributed by atoms with Gasteiger partial charge in [-0.1, -0.05) is 13.8 Å². The van der Waals surface area contributed by atoms with E-state index in [1.807, 2.05) is 13.8 Å². The molecule has 0 fully saturated rings. The number of nitrogens with one attached hydrogen (secondary N) is 2. The number of carbonyl (C=O) groups is 1. The second kappa shape index (κ2) is 4.72. The van der Waals surface area contributed by atoms with E-state index < -0.39 is 19.7 Å². The summed E-state index contributed by atoms with van der Waals surface area (Å²) >= 11 is 0. The lowest BCUT2D eigenvalue weighted by Crippen LogP contribution is -2.43. The highest BCUT2D eigenvalue weighted by Gasteiger charge is 2.21. The van der Waals surface area contributed by atoms with E-state index in [4.69, 9.17) is 9.79 Å². The van der Waals surface area contributed by atoms with E-state index >= 15 is 0 Å². The number of hydrogen-bond acceptors (Lipinski definition) is 3. The maximum Gasteiger partial charge on any atom is 0.429 e.